The van der Waals surface area contributed by atoms with Crippen LogP contribution in [0.25, 0.3) is 6.08 Å². The van der Waals surface area contributed by atoms with Crippen LogP contribution in [-0.2, 0) is 27.9 Å². The zero-order valence-corrected chi connectivity index (χ0v) is 21.2. The van der Waals surface area contributed by atoms with Gasteiger partial charge >= 0.3 is 5.97 Å². The summed E-state index contributed by atoms with van der Waals surface area (Å²) in [6.45, 7) is 5.45. The predicted molar refractivity (Wildman–Crippen MR) is 143 cm³/mol. The van der Waals surface area contributed by atoms with Gasteiger partial charge in [-0.3, -0.25) is 0 Å². The van der Waals surface area contributed by atoms with E-state index in [-0.39, 0.29) is 11.5 Å². The number of hydrogen-bond acceptors (Lipinski definition) is 4. The number of benzene rings is 3. The van der Waals surface area contributed by atoms with Crippen molar-refractivity contribution in [1.82, 2.24) is 0 Å². The maximum absolute atomic E-state index is 11.5. The van der Waals surface area contributed by atoms with E-state index >= 15 is 0 Å². The molecule has 4 heteroatoms. The summed E-state index contributed by atoms with van der Waals surface area (Å²) in [7, 11) is 3.10. The third kappa shape index (κ3) is 5.12. The van der Waals surface area contributed by atoms with Crippen LogP contribution < -0.4 is 9.64 Å². The summed E-state index contributed by atoms with van der Waals surface area (Å²) in [6, 6.07) is 24.0. The van der Waals surface area contributed by atoms with Gasteiger partial charge in [0.2, 0.25) is 0 Å². The number of anilines is 1. The number of ether oxygens (including phenoxy) is 2. The first-order chi connectivity index (χ1) is 17.0. The van der Waals surface area contributed by atoms with Gasteiger partial charge in [-0.25, -0.2) is 4.79 Å². The van der Waals surface area contributed by atoms with E-state index in [0.717, 1.165) is 30.7 Å². The number of hydrogen-bond donors (Lipinski definition) is 0. The van der Waals surface area contributed by atoms with Crippen LogP contribution in [-0.4, -0.2) is 26.7 Å². The third-order valence-electron chi connectivity index (χ3n) is 7.13. The van der Waals surface area contributed by atoms with Crippen LogP contribution in [0.3, 0.4) is 0 Å². The summed E-state index contributed by atoms with van der Waals surface area (Å²) in [5.74, 6) is 0.535. The first-order valence-corrected chi connectivity index (χ1v) is 12.4. The van der Waals surface area contributed by atoms with Crippen LogP contribution in [0.2, 0.25) is 0 Å². The molecule has 1 atom stereocenters. The number of fused-ring (bicyclic) bond motifs is 1. The molecule has 0 aliphatic carbocycles. The highest BCUT2D eigenvalue weighted by Gasteiger charge is 2.40. The molecule has 3 aromatic carbocycles. The zero-order valence-electron chi connectivity index (χ0n) is 21.2. The lowest BCUT2D eigenvalue weighted by molar-refractivity contribution is -0.134. The largest absolute Gasteiger partial charge is 0.497 e. The van der Waals surface area contributed by atoms with E-state index in [1.54, 1.807) is 13.2 Å². The summed E-state index contributed by atoms with van der Waals surface area (Å²) in [4.78, 5) is 14.0. The fourth-order valence-electron chi connectivity index (χ4n) is 5.05. The number of nitrogens with zero attached hydrogens (tertiary/aromatic N) is 1. The number of unbranched alkanes of at least 4 members (excludes halogenated alkanes) is 1. The normalized spacial score (nSPS) is 17.3. The van der Waals surface area contributed by atoms with Crippen LogP contribution in [0.4, 0.5) is 5.69 Å². The minimum atomic E-state index is -0.357. The van der Waals surface area contributed by atoms with Crippen molar-refractivity contribution in [3.8, 4) is 5.75 Å². The van der Waals surface area contributed by atoms with Crippen LogP contribution in [0.1, 0.15) is 54.5 Å². The minimum absolute atomic E-state index is 0.352. The van der Waals surface area contributed by atoms with Crippen molar-refractivity contribution >= 4 is 17.7 Å². The predicted octanol–water partition coefficient (Wildman–Crippen LogP) is 6.55. The number of esters is 1. The number of carbonyl (C=O) groups excluding carboxylic acids is 1. The lowest BCUT2D eigenvalue weighted by atomic mass is 9.76. The van der Waals surface area contributed by atoms with E-state index in [1.165, 1.54) is 54.0 Å². The quantitative estimate of drug-likeness (QED) is 0.277. The SMILES string of the molecule is CCCCc1ccc(N2CCc3cc(OC)ccc3C2(C)c2ccc(C=CC(=O)OC)cc2)cc1. The molecule has 3 aromatic rings. The van der Waals surface area contributed by atoms with Gasteiger partial charge in [0.05, 0.1) is 19.8 Å². The molecule has 1 aliphatic heterocycles. The number of aryl methyl sites for hydroxylation is 1. The Morgan fingerprint density at radius 1 is 1.03 bits per heavy atom. The second-order valence-corrected chi connectivity index (χ2v) is 9.25. The second-order valence-electron chi connectivity index (χ2n) is 9.25. The van der Waals surface area contributed by atoms with Gasteiger partial charge in [0, 0.05) is 18.3 Å². The summed E-state index contributed by atoms with van der Waals surface area (Å²) in [5, 5.41) is 0. The second kappa shape index (κ2) is 10.8. The molecule has 0 amide bonds. The maximum atomic E-state index is 11.5. The summed E-state index contributed by atoms with van der Waals surface area (Å²) in [5.41, 5.74) is 7.03. The Morgan fingerprint density at radius 3 is 2.43 bits per heavy atom. The van der Waals surface area contributed by atoms with E-state index < -0.39 is 0 Å². The zero-order chi connectivity index (χ0) is 24.8. The molecule has 0 fully saturated rings. The van der Waals surface area contributed by atoms with E-state index in [2.05, 4.69) is 85.5 Å². The smallest absolute Gasteiger partial charge is 0.330 e. The molecule has 0 saturated heterocycles. The molecule has 0 bridgehead atoms. The Hall–Kier alpha value is -3.53. The van der Waals surface area contributed by atoms with Gasteiger partial charge in [-0.1, -0.05) is 55.8 Å². The molecular weight excluding hydrogens is 434 g/mol. The molecular formula is C31H35NO3. The van der Waals surface area contributed by atoms with Crippen molar-refractivity contribution in [1.29, 1.82) is 0 Å². The molecule has 0 radical (unpaired) electrons. The highest BCUT2D eigenvalue weighted by atomic mass is 16.5. The van der Waals surface area contributed by atoms with Gasteiger partial charge in [0.15, 0.2) is 0 Å². The summed E-state index contributed by atoms with van der Waals surface area (Å²) < 4.78 is 10.2. The van der Waals surface area contributed by atoms with Crippen molar-refractivity contribution in [3.05, 3.63) is 101 Å². The Balaban J connectivity index is 1.75. The Bertz CT molecular complexity index is 1180. The highest BCUT2D eigenvalue weighted by molar-refractivity contribution is 5.86. The molecule has 1 aliphatic rings. The molecule has 182 valence electrons. The molecule has 0 N–H and O–H groups in total. The average Bonchev–Trinajstić information content (AvgIpc) is 2.91. The van der Waals surface area contributed by atoms with Crippen LogP contribution in [0.15, 0.2) is 72.8 Å². The maximum Gasteiger partial charge on any atom is 0.330 e. The fourth-order valence-corrected chi connectivity index (χ4v) is 5.05. The average molecular weight is 470 g/mol. The van der Waals surface area contributed by atoms with E-state index in [1.807, 2.05) is 0 Å². The summed E-state index contributed by atoms with van der Waals surface area (Å²) >= 11 is 0. The van der Waals surface area contributed by atoms with Gasteiger partial charge in [0.1, 0.15) is 5.75 Å². The Kier molecular flexibility index (Phi) is 7.60. The molecule has 35 heavy (non-hydrogen) atoms. The summed E-state index contributed by atoms with van der Waals surface area (Å²) in [6.07, 6.45) is 7.73. The highest BCUT2D eigenvalue weighted by Crippen LogP contribution is 2.44. The van der Waals surface area contributed by atoms with E-state index in [9.17, 15) is 4.79 Å². The van der Waals surface area contributed by atoms with Crippen molar-refractivity contribution in [2.45, 2.75) is 45.1 Å². The monoisotopic (exact) mass is 469 g/mol. The Morgan fingerprint density at radius 2 is 1.77 bits per heavy atom. The Labute approximate surface area is 209 Å². The number of methoxy groups -OCH3 is 2. The van der Waals surface area contributed by atoms with Gasteiger partial charge in [-0.2, -0.15) is 0 Å². The van der Waals surface area contributed by atoms with Crippen molar-refractivity contribution in [2.24, 2.45) is 0 Å². The van der Waals surface area contributed by atoms with Crippen molar-refractivity contribution in [2.75, 3.05) is 25.7 Å². The standard InChI is InChI=1S/C31H35NO3/c1-5-6-7-23-10-15-27(16-11-23)32-21-20-25-22-28(34-3)17-18-29(25)31(32,2)26-13-8-24(9-14-26)12-19-30(33)35-4/h8-19,22H,5-7,20-21H2,1-4H3. The molecule has 0 aromatic heterocycles. The molecule has 4 nitrogen and oxygen atoms in total. The first kappa shape index (κ1) is 24.6. The molecule has 0 saturated carbocycles. The van der Waals surface area contributed by atoms with Crippen LogP contribution in [0, 0.1) is 0 Å². The van der Waals surface area contributed by atoms with Crippen LogP contribution >= 0.6 is 0 Å². The minimum Gasteiger partial charge on any atom is -0.497 e. The van der Waals surface area contributed by atoms with E-state index in [4.69, 9.17) is 9.47 Å². The van der Waals surface area contributed by atoms with Gasteiger partial charge in [0.25, 0.3) is 0 Å². The van der Waals surface area contributed by atoms with Gasteiger partial charge in [-0.05, 0) is 84.3 Å². The van der Waals surface area contributed by atoms with Gasteiger partial charge in [-0.15, -0.1) is 0 Å². The third-order valence-corrected chi connectivity index (χ3v) is 7.13. The molecule has 1 heterocycles. The van der Waals surface area contributed by atoms with E-state index in [0.29, 0.717) is 0 Å². The molecule has 1 unspecified atom stereocenters. The molecule has 0 spiro atoms. The fraction of sp³-hybridized carbons (Fsp3) is 0.323. The van der Waals surface area contributed by atoms with Crippen LogP contribution in [0.5, 0.6) is 5.75 Å². The molecule has 4 rings (SSSR count). The van der Waals surface area contributed by atoms with Crippen molar-refractivity contribution in [3.63, 3.8) is 0 Å². The lowest BCUT2D eigenvalue weighted by Crippen LogP contribution is -2.49. The lowest BCUT2D eigenvalue weighted by Gasteiger charge is -2.48. The number of carbonyl (C=O) groups is 1. The topological polar surface area (TPSA) is 38.8 Å². The van der Waals surface area contributed by atoms with Crippen molar-refractivity contribution < 1.29 is 14.3 Å². The first-order valence-electron chi connectivity index (χ1n) is 12.4. The van der Waals surface area contributed by atoms with Gasteiger partial charge < -0.3 is 14.4 Å². The number of rotatable bonds is 8.